The van der Waals surface area contributed by atoms with Crippen molar-refractivity contribution in [3.05, 3.63) is 48.0 Å². The number of hydrogen-bond acceptors (Lipinski definition) is 3. The molecule has 19 heavy (non-hydrogen) atoms. The van der Waals surface area contributed by atoms with E-state index in [2.05, 4.69) is 10.4 Å². The summed E-state index contributed by atoms with van der Waals surface area (Å²) in [6.45, 7) is -0.0796. The number of halogens is 1. The van der Waals surface area contributed by atoms with Gasteiger partial charge in [-0.25, -0.2) is 9.18 Å². The summed E-state index contributed by atoms with van der Waals surface area (Å²) in [4.78, 5) is 22.4. The second-order valence-electron chi connectivity index (χ2n) is 3.75. The van der Waals surface area contributed by atoms with Crippen molar-refractivity contribution in [3.8, 4) is 0 Å². The molecule has 0 unspecified atom stereocenters. The quantitative estimate of drug-likeness (QED) is 0.872. The molecule has 0 aliphatic rings. The number of carboxylic acid groups (broad SMARTS) is 1. The minimum absolute atomic E-state index is 0.0796. The lowest BCUT2D eigenvalue weighted by Gasteiger charge is -2.07. The van der Waals surface area contributed by atoms with E-state index in [4.69, 9.17) is 5.11 Å². The van der Waals surface area contributed by atoms with Crippen LogP contribution >= 0.6 is 0 Å². The zero-order valence-corrected chi connectivity index (χ0v) is 9.71. The minimum atomic E-state index is -1.19. The van der Waals surface area contributed by atoms with E-state index in [-0.39, 0.29) is 17.8 Å². The molecule has 0 fully saturated rings. The summed E-state index contributed by atoms with van der Waals surface area (Å²) in [6, 6.07) is 4.84. The Bertz CT molecular complexity index is 611. The Morgan fingerprint density at radius 2 is 2.21 bits per heavy atom. The van der Waals surface area contributed by atoms with Crippen LogP contribution in [-0.4, -0.2) is 26.8 Å². The van der Waals surface area contributed by atoms with Gasteiger partial charge in [-0.2, -0.15) is 5.10 Å². The highest BCUT2D eigenvalue weighted by Crippen LogP contribution is 2.16. The monoisotopic (exact) mass is 263 g/mol. The van der Waals surface area contributed by atoms with Crippen LogP contribution in [-0.2, 0) is 11.3 Å². The van der Waals surface area contributed by atoms with Gasteiger partial charge in [-0.05, 0) is 24.3 Å². The van der Waals surface area contributed by atoms with Crippen LogP contribution in [0.1, 0.15) is 10.4 Å². The lowest BCUT2D eigenvalue weighted by atomic mass is 10.2. The summed E-state index contributed by atoms with van der Waals surface area (Å²) in [5.74, 6) is -2.38. The summed E-state index contributed by atoms with van der Waals surface area (Å²) >= 11 is 0. The topological polar surface area (TPSA) is 84.2 Å². The number of benzene rings is 1. The van der Waals surface area contributed by atoms with Gasteiger partial charge < -0.3 is 10.4 Å². The fraction of sp³-hybridized carbons (Fsp3) is 0.0833. The Hall–Kier alpha value is -2.70. The summed E-state index contributed by atoms with van der Waals surface area (Å²) in [5.41, 5.74) is -0.271. The van der Waals surface area contributed by atoms with Gasteiger partial charge in [0.25, 0.3) is 0 Å². The first-order chi connectivity index (χ1) is 9.06. The number of nitrogens with one attached hydrogen (secondary N) is 1. The summed E-state index contributed by atoms with van der Waals surface area (Å²) < 4.78 is 14.8. The second kappa shape index (κ2) is 5.30. The molecule has 2 N–H and O–H groups in total. The van der Waals surface area contributed by atoms with Crippen LogP contribution in [0.3, 0.4) is 0 Å². The smallest absolute Gasteiger partial charge is 0.335 e. The molecule has 0 atom stereocenters. The molecule has 2 rings (SSSR count). The number of nitrogens with zero attached hydrogens (tertiary/aromatic N) is 2. The normalized spacial score (nSPS) is 10.2. The highest BCUT2D eigenvalue weighted by molar-refractivity contribution is 5.93. The van der Waals surface area contributed by atoms with Crippen LogP contribution in [0, 0.1) is 5.82 Å². The summed E-state index contributed by atoms with van der Waals surface area (Å²) in [6.07, 6.45) is 3.10. The zero-order valence-electron chi connectivity index (χ0n) is 9.71. The fourth-order valence-electron chi connectivity index (χ4n) is 1.48. The third kappa shape index (κ3) is 3.15. The average molecular weight is 263 g/mol. The molecule has 0 aliphatic carbocycles. The first-order valence-electron chi connectivity index (χ1n) is 5.36. The molecule has 1 amide bonds. The van der Waals surface area contributed by atoms with Crippen LogP contribution in [0.4, 0.5) is 10.1 Å². The van der Waals surface area contributed by atoms with Crippen LogP contribution in [0.15, 0.2) is 36.7 Å². The number of rotatable bonds is 4. The zero-order chi connectivity index (χ0) is 13.8. The first kappa shape index (κ1) is 12.7. The third-order valence-electron chi connectivity index (χ3n) is 2.35. The van der Waals surface area contributed by atoms with E-state index >= 15 is 0 Å². The molecule has 1 aromatic heterocycles. The van der Waals surface area contributed by atoms with Crippen LogP contribution < -0.4 is 5.32 Å². The predicted octanol–water partition coefficient (Wildman–Crippen LogP) is 1.36. The van der Waals surface area contributed by atoms with Crippen molar-refractivity contribution in [1.82, 2.24) is 9.78 Å². The van der Waals surface area contributed by atoms with Gasteiger partial charge in [0.15, 0.2) is 0 Å². The van der Waals surface area contributed by atoms with Gasteiger partial charge in [0, 0.05) is 12.4 Å². The van der Waals surface area contributed by atoms with E-state index in [0.717, 1.165) is 18.2 Å². The largest absolute Gasteiger partial charge is 0.478 e. The van der Waals surface area contributed by atoms with Gasteiger partial charge in [-0.15, -0.1) is 0 Å². The molecule has 6 nitrogen and oxygen atoms in total. The van der Waals surface area contributed by atoms with Crippen molar-refractivity contribution < 1.29 is 19.1 Å². The molecule has 0 bridgehead atoms. The van der Waals surface area contributed by atoms with Gasteiger partial charge in [0.2, 0.25) is 5.91 Å². The van der Waals surface area contributed by atoms with Gasteiger partial charge in [-0.3, -0.25) is 9.48 Å². The lowest BCUT2D eigenvalue weighted by Crippen LogP contribution is -2.20. The Kier molecular flexibility index (Phi) is 3.56. The van der Waals surface area contributed by atoms with Crippen LogP contribution in [0.2, 0.25) is 0 Å². The SMILES string of the molecule is O=C(Cn1cccn1)Nc1cc(C(=O)O)ccc1F. The van der Waals surface area contributed by atoms with Gasteiger partial charge >= 0.3 is 5.97 Å². The van der Waals surface area contributed by atoms with Gasteiger partial charge in [-0.1, -0.05) is 0 Å². The van der Waals surface area contributed by atoms with Crippen LogP contribution in [0.5, 0.6) is 0 Å². The minimum Gasteiger partial charge on any atom is -0.478 e. The van der Waals surface area contributed by atoms with E-state index in [9.17, 15) is 14.0 Å². The maximum Gasteiger partial charge on any atom is 0.335 e. The van der Waals surface area contributed by atoms with Gasteiger partial charge in [0.1, 0.15) is 12.4 Å². The summed E-state index contributed by atoms with van der Waals surface area (Å²) in [7, 11) is 0. The van der Waals surface area contributed by atoms with Crippen molar-refractivity contribution in [2.45, 2.75) is 6.54 Å². The maximum absolute atomic E-state index is 13.4. The van der Waals surface area contributed by atoms with E-state index in [1.807, 2.05) is 0 Å². The van der Waals surface area contributed by atoms with Crippen molar-refractivity contribution in [3.63, 3.8) is 0 Å². The Morgan fingerprint density at radius 1 is 1.42 bits per heavy atom. The molecule has 0 saturated carbocycles. The highest BCUT2D eigenvalue weighted by atomic mass is 19.1. The third-order valence-corrected chi connectivity index (χ3v) is 2.35. The van der Waals surface area contributed by atoms with Crippen molar-refractivity contribution >= 4 is 17.6 Å². The maximum atomic E-state index is 13.4. The fourth-order valence-corrected chi connectivity index (χ4v) is 1.48. The van der Waals surface area contributed by atoms with Crippen molar-refractivity contribution in [2.24, 2.45) is 0 Å². The molecular formula is C12H10FN3O3. The van der Waals surface area contributed by atoms with E-state index in [0.29, 0.717) is 0 Å². The molecule has 0 radical (unpaired) electrons. The average Bonchev–Trinajstić information content (AvgIpc) is 2.84. The highest BCUT2D eigenvalue weighted by Gasteiger charge is 2.11. The Labute approximate surface area is 107 Å². The van der Waals surface area contributed by atoms with Crippen LogP contribution in [0.25, 0.3) is 0 Å². The number of anilines is 1. The molecule has 0 aliphatic heterocycles. The summed E-state index contributed by atoms with van der Waals surface area (Å²) in [5, 5.41) is 14.9. The number of carboxylic acids is 1. The molecule has 1 heterocycles. The second-order valence-corrected chi connectivity index (χ2v) is 3.75. The van der Waals surface area contributed by atoms with Gasteiger partial charge in [0.05, 0.1) is 11.3 Å². The molecule has 0 saturated heterocycles. The molecule has 7 heteroatoms. The number of carbonyl (C=O) groups excluding carboxylic acids is 1. The number of hydrogen-bond donors (Lipinski definition) is 2. The molecular weight excluding hydrogens is 253 g/mol. The first-order valence-corrected chi connectivity index (χ1v) is 5.36. The molecule has 2 aromatic rings. The molecule has 0 spiro atoms. The Balaban J connectivity index is 2.11. The number of aromatic nitrogens is 2. The van der Waals surface area contributed by atoms with Crippen molar-refractivity contribution in [2.75, 3.05) is 5.32 Å². The Morgan fingerprint density at radius 3 is 2.84 bits per heavy atom. The molecule has 98 valence electrons. The van der Waals surface area contributed by atoms with Crippen molar-refractivity contribution in [1.29, 1.82) is 0 Å². The predicted molar refractivity (Wildman–Crippen MR) is 64.2 cm³/mol. The van der Waals surface area contributed by atoms with E-state index in [1.54, 1.807) is 12.3 Å². The number of amides is 1. The molecule has 1 aromatic carbocycles. The van der Waals surface area contributed by atoms with E-state index in [1.165, 1.54) is 10.9 Å². The lowest BCUT2D eigenvalue weighted by molar-refractivity contribution is -0.116. The number of aromatic carboxylic acids is 1. The standard InChI is InChI=1S/C12H10FN3O3/c13-9-3-2-8(12(18)19)6-10(9)15-11(17)7-16-5-1-4-14-16/h1-6H,7H2,(H,15,17)(H,18,19). The van der Waals surface area contributed by atoms with E-state index < -0.39 is 17.7 Å². The number of carbonyl (C=O) groups is 2.